The predicted octanol–water partition coefficient (Wildman–Crippen LogP) is 1.94. The van der Waals surface area contributed by atoms with Gasteiger partial charge in [0.1, 0.15) is 0 Å². The average Bonchev–Trinajstić information content (AvgIpc) is 2.49. The standard InChI is InChI=1S/C14H26N4/c1-11(2)8-13-9-18(7-5-6-15-13)14-10-17(4)16-12(14)3/h10-11,13,15H,5-9H2,1-4H3. The maximum Gasteiger partial charge on any atom is 0.0827 e. The second-order valence-corrected chi connectivity index (χ2v) is 5.85. The Morgan fingerprint density at radius 1 is 1.50 bits per heavy atom. The summed E-state index contributed by atoms with van der Waals surface area (Å²) < 4.78 is 1.92. The number of anilines is 1. The smallest absolute Gasteiger partial charge is 0.0827 e. The molecule has 2 rings (SSSR count). The van der Waals surface area contributed by atoms with Gasteiger partial charge in [0.05, 0.1) is 11.4 Å². The first-order valence-corrected chi connectivity index (χ1v) is 7.05. The lowest BCUT2D eigenvalue weighted by Gasteiger charge is -2.26. The van der Waals surface area contributed by atoms with E-state index in [1.165, 1.54) is 18.5 Å². The largest absolute Gasteiger partial charge is 0.367 e. The first-order chi connectivity index (χ1) is 8.56. The van der Waals surface area contributed by atoms with E-state index < -0.39 is 0 Å². The molecule has 18 heavy (non-hydrogen) atoms. The highest BCUT2D eigenvalue weighted by molar-refractivity contribution is 5.49. The van der Waals surface area contributed by atoms with Gasteiger partial charge < -0.3 is 10.2 Å². The van der Waals surface area contributed by atoms with Crippen LogP contribution in [0.1, 0.15) is 32.4 Å². The van der Waals surface area contributed by atoms with E-state index in [9.17, 15) is 0 Å². The number of rotatable bonds is 3. The molecule has 2 heterocycles. The van der Waals surface area contributed by atoms with Crippen LogP contribution in [0, 0.1) is 12.8 Å². The number of hydrogen-bond donors (Lipinski definition) is 1. The van der Waals surface area contributed by atoms with Gasteiger partial charge in [-0.25, -0.2) is 0 Å². The number of aryl methyl sites for hydroxylation is 2. The lowest BCUT2D eigenvalue weighted by atomic mass is 10.0. The summed E-state index contributed by atoms with van der Waals surface area (Å²) in [6, 6.07) is 0.604. The van der Waals surface area contributed by atoms with Crippen LogP contribution >= 0.6 is 0 Å². The molecule has 1 aliphatic heterocycles. The van der Waals surface area contributed by atoms with Gasteiger partial charge in [0, 0.05) is 32.4 Å². The fourth-order valence-electron chi connectivity index (χ4n) is 2.84. The molecule has 1 atom stereocenters. The highest BCUT2D eigenvalue weighted by atomic mass is 15.3. The predicted molar refractivity (Wildman–Crippen MR) is 76.0 cm³/mol. The Morgan fingerprint density at radius 2 is 2.28 bits per heavy atom. The normalized spacial score (nSPS) is 21.4. The van der Waals surface area contributed by atoms with E-state index in [4.69, 9.17) is 0 Å². The Kier molecular flexibility index (Phi) is 4.27. The second kappa shape index (κ2) is 5.74. The van der Waals surface area contributed by atoms with Crippen LogP contribution in [0.2, 0.25) is 0 Å². The first kappa shape index (κ1) is 13.4. The molecule has 1 aromatic heterocycles. The Hall–Kier alpha value is -1.03. The summed E-state index contributed by atoms with van der Waals surface area (Å²) in [6.07, 6.45) is 4.60. The SMILES string of the molecule is Cc1nn(C)cc1N1CCCNC(CC(C)C)C1. The molecule has 0 aliphatic carbocycles. The summed E-state index contributed by atoms with van der Waals surface area (Å²) in [5, 5.41) is 8.13. The Balaban J connectivity index is 2.09. The minimum atomic E-state index is 0.604. The van der Waals surface area contributed by atoms with Gasteiger partial charge in [-0.1, -0.05) is 13.8 Å². The van der Waals surface area contributed by atoms with Crippen molar-refractivity contribution in [2.75, 3.05) is 24.5 Å². The summed E-state index contributed by atoms with van der Waals surface area (Å²) in [6.45, 7) is 10.1. The van der Waals surface area contributed by atoms with Crippen molar-refractivity contribution in [1.29, 1.82) is 0 Å². The molecular formula is C14H26N4. The number of nitrogens with zero attached hydrogens (tertiary/aromatic N) is 3. The topological polar surface area (TPSA) is 33.1 Å². The molecule has 1 aliphatic rings. The highest BCUT2D eigenvalue weighted by Crippen LogP contribution is 2.21. The van der Waals surface area contributed by atoms with Gasteiger partial charge in [-0.15, -0.1) is 0 Å². The third-order valence-electron chi connectivity index (χ3n) is 3.56. The molecule has 0 aromatic carbocycles. The van der Waals surface area contributed by atoms with Gasteiger partial charge in [-0.05, 0) is 32.2 Å². The van der Waals surface area contributed by atoms with Crippen molar-refractivity contribution in [2.45, 2.75) is 39.7 Å². The third-order valence-corrected chi connectivity index (χ3v) is 3.56. The van der Waals surface area contributed by atoms with Crippen LogP contribution in [0.15, 0.2) is 6.20 Å². The second-order valence-electron chi connectivity index (χ2n) is 5.85. The maximum atomic E-state index is 4.46. The van der Waals surface area contributed by atoms with Crippen LogP contribution in [-0.4, -0.2) is 35.5 Å². The molecule has 1 aromatic rings. The lowest BCUT2D eigenvalue weighted by molar-refractivity contribution is 0.436. The van der Waals surface area contributed by atoms with Crippen LogP contribution in [0.5, 0.6) is 0 Å². The van der Waals surface area contributed by atoms with E-state index in [1.54, 1.807) is 0 Å². The Morgan fingerprint density at radius 3 is 2.89 bits per heavy atom. The molecule has 0 spiro atoms. The Labute approximate surface area is 110 Å². The van der Waals surface area contributed by atoms with Crippen molar-refractivity contribution in [3.8, 4) is 0 Å². The fourth-order valence-corrected chi connectivity index (χ4v) is 2.84. The molecule has 4 nitrogen and oxygen atoms in total. The van der Waals surface area contributed by atoms with Crippen LogP contribution < -0.4 is 10.2 Å². The van der Waals surface area contributed by atoms with Gasteiger partial charge in [0.15, 0.2) is 0 Å². The molecule has 102 valence electrons. The summed E-state index contributed by atoms with van der Waals surface area (Å²) >= 11 is 0. The zero-order valence-electron chi connectivity index (χ0n) is 12.1. The van der Waals surface area contributed by atoms with Crippen molar-refractivity contribution < 1.29 is 0 Å². The Bertz CT molecular complexity index is 383. The molecule has 0 bridgehead atoms. The van der Waals surface area contributed by atoms with E-state index in [1.807, 2.05) is 11.7 Å². The first-order valence-electron chi connectivity index (χ1n) is 7.05. The third kappa shape index (κ3) is 3.25. The monoisotopic (exact) mass is 250 g/mol. The number of aromatic nitrogens is 2. The molecule has 0 amide bonds. The molecule has 1 saturated heterocycles. The highest BCUT2D eigenvalue weighted by Gasteiger charge is 2.20. The van der Waals surface area contributed by atoms with Crippen molar-refractivity contribution >= 4 is 5.69 Å². The number of hydrogen-bond acceptors (Lipinski definition) is 3. The molecule has 1 N–H and O–H groups in total. The molecule has 4 heteroatoms. The minimum absolute atomic E-state index is 0.604. The van der Waals surface area contributed by atoms with E-state index >= 15 is 0 Å². The zero-order chi connectivity index (χ0) is 13.1. The maximum absolute atomic E-state index is 4.46. The van der Waals surface area contributed by atoms with E-state index in [0.717, 1.165) is 31.2 Å². The van der Waals surface area contributed by atoms with E-state index in [2.05, 4.69) is 42.3 Å². The molecular weight excluding hydrogens is 224 g/mol. The van der Waals surface area contributed by atoms with E-state index in [-0.39, 0.29) is 0 Å². The minimum Gasteiger partial charge on any atom is -0.367 e. The van der Waals surface area contributed by atoms with Gasteiger partial charge in [-0.3, -0.25) is 4.68 Å². The summed E-state index contributed by atoms with van der Waals surface area (Å²) in [5.74, 6) is 0.748. The zero-order valence-corrected chi connectivity index (χ0v) is 12.1. The lowest BCUT2D eigenvalue weighted by Crippen LogP contribution is -2.38. The summed E-state index contributed by atoms with van der Waals surface area (Å²) in [7, 11) is 2.00. The van der Waals surface area contributed by atoms with Crippen LogP contribution in [0.25, 0.3) is 0 Å². The van der Waals surface area contributed by atoms with Crippen molar-refractivity contribution in [2.24, 2.45) is 13.0 Å². The summed E-state index contributed by atoms with van der Waals surface area (Å²) in [5.41, 5.74) is 2.44. The molecule has 0 radical (unpaired) electrons. The van der Waals surface area contributed by atoms with Crippen LogP contribution in [0.4, 0.5) is 5.69 Å². The van der Waals surface area contributed by atoms with Crippen LogP contribution in [0.3, 0.4) is 0 Å². The average molecular weight is 250 g/mol. The van der Waals surface area contributed by atoms with Gasteiger partial charge in [-0.2, -0.15) is 5.10 Å². The van der Waals surface area contributed by atoms with Gasteiger partial charge in [0.25, 0.3) is 0 Å². The van der Waals surface area contributed by atoms with Gasteiger partial charge >= 0.3 is 0 Å². The quantitative estimate of drug-likeness (QED) is 0.890. The van der Waals surface area contributed by atoms with Crippen molar-refractivity contribution in [1.82, 2.24) is 15.1 Å². The van der Waals surface area contributed by atoms with Crippen LogP contribution in [-0.2, 0) is 7.05 Å². The van der Waals surface area contributed by atoms with Crippen molar-refractivity contribution in [3.05, 3.63) is 11.9 Å². The summed E-state index contributed by atoms with van der Waals surface area (Å²) in [4.78, 5) is 2.50. The molecule has 0 saturated carbocycles. The van der Waals surface area contributed by atoms with Crippen molar-refractivity contribution in [3.63, 3.8) is 0 Å². The molecule has 1 unspecified atom stereocenters. The molecule has 1 fully saturated rings. The van der Waals surface area contributed by atoms with E-state index in [0.29, 0.717) is 6.04 Å². The van der Waals surface area contributed by atoms with Gasteiger partial charge in [0.2, 0.25) is 0 Å². The fraction of sp³-hybridized carbons (Fsp3) is 0.786. The number of nitrogens with one attached hydrogen (secondary N) is 1.